The second-order valence-electron chi connectivity index (χ2n) is 5.97. The highest BCUT2D eigenvalue weighted by molar-refractivity contribution is 7.13. The Bertz CT molecular complexity index is 246. The van der Waals surface area contributed by atoms with E-state index in [4.69, 9.17) is 9.47 Å². The second kappa shape index (κ2) is 9.66. The van der Waals surface area contributed by atoms with Crippen LogP contribution in [-0.4, -0.2) is 61.9 Å². The van der Waals surface area contributed by atoms with Gasteiger partial charge in [-0.3, -0.25) is 9.34 Å². The number of hydrogen-bond donors (Lipinski definition) is 0. The third kappa shape index (κ3) is 6.22. The fourth-order valence-electron chi connectivity index (χ4n) is 2.78. The maximum absolute atomic E-state index is 5.25. The molecule has 2 rings (SSSR count). The van der Waals surface area contributed by atoms with Crippen LogP contribution in [0, 0.1) is 11.8 Å². The second-order valence-corrected chi connectivity index (χ2v) is 7.43. The molecule has 6 heteroatoms. The van der Waals surface area contributed by atoms with Crippen LogP contribution in [0.3, 0.4) is 0 Å². The van der Waals surface area contributed by atoms with Crippen molar-refractivity contribution in [3.63, 3.8) is 0 Å². The SMILES string of the molecule is CO[C@@H](C)[C@H]1CCN(P)C1.CO[C@H](C)[C@H]1CCN(P)C1. The molecule has 2 heterocycles. The van der Waals surface area contributed by atoms with Crippen LogP contribution in [0.25, 0.3) is 0 Å². The summed E-state index contributed by atoms with van der Waals surface area (Å²) in [5.74, 6) is 1.48. The monoisotopic (exact) mass is 322 g/mol. The summed E-state index contributed by atoms with van der Waals surface area (Å²) in [5, 5.41) is 0. The van der Waals surface area contributed by atoms with Gasteiger partial charge in [0.05, 0.1) is 12.2 Å². The first-order valence-electron chi connectivity index (χ1n) is 7.52. The van der Waals surface area contributed by atoms with Gasteiger partial charge >= 0.3 is 0 Å². The van der Waals surface area contributed by atoms with E-state index in [9.17, 15) is 0 Å². The van der Waals surface area contributed by atoms with E-state index < -0.39 is 0 Å². The molecule has 4 nitrogen and oxygen atoms in total. The Morgan fingerprint density at radius 1 is 0.850 bits per heavy atom. The van der Waals surface area contributed by atoms with Crippen LogP contribution in [-0.2, 0) is 9.47 Å². The summed E-state index contributed by atoms with van der Waals surface area (Å²) in [5.41, 5.74) is 0. The summed E-state index contributed by atoms with van der Waals surface area (Å²) in [6.07, 6.45) is 3.40. The molecule has 0 saturated carbocycles. The molecule has 2 aliphatic heterocycles. The molecule has 0 aromatic heterocycles. The third-order valence-corrected chi connectivity index (χ3v) is 5.52. The topological polar surface area (TPSA) is 24.9 Å². The quantitative estimate of drug-likeness (QED) is 0.741. The van der Waals surface area contributed by atoms with E-state index in [-0.39, 0.29) is 0 Å². The predicted octanol–water partition coefficient (Wildman–Crippen LogP) is 2.27. The standard InChI is InChI=1S/2C7H16NOP/c2*1-6(9-2)7-3-4-8(10)5-7/h2*6-7H,3-5,10H2,1-2H3/t6-,7+;6-,7-/m10/s1. The zero-order chi connectivity index (χ0) is 15.1. The number of hydrogen-bond acceptors (Lipinski definition) is 4. The van der Waals surface area contributed by atoms with Crippen molar-refractivity contribution in [2.75, 3.05) is 40.4 Å². The van der Waals surface area contributed by atoms with E-state index in [1.165, 1.54) is 39.0 Å². The van der Waals surface area contributed by atoms with Crippen LogP contribution >= 0.6 is 18.8 Å². The van der Waals surface area contributed by atoms with Crippen molar-refractivity contribution in [2.45, 2.75) is 38.9 Å². The van der Waals surface area contributed by atoms with Gasteiger partial charge in [0.25, 0.3) is 0 Å². The molecule has 0 aliphatic carbocycles. The minimum Gasteiger partial charge on any atom is -0.381 e. The molecule has 0 N–H and O–H groups in total. The van der Waals surface area contributed by atoms with E-state index >= 15 is 0 Å². The molecular formula is C14H32N2O2P2. The van der Waals surface area contributed by atoms with Gasteiger partial charge in [-0.15, -0.1) is 0 Å². The number of rotatable bonds is 4. The number of ether oxygens (including phenoxy) is 2. The van der Waals surface area contributed by atoms with Crippen molar-refractivity contribution in [2.24, 2.45) is 11.8 Å². The molecule has 0 spiro atoms. The third-order valence-electron chi connectivity index (χ3n) is 4.58. The summed E-state index contributed by atoms with van der Waals surface area (Å²) in [6, 6.07) is 0. The van der Waals surface area contributed by atoms with Gasteiger partial charge in [-0.2, -0.15) is 0 Å². The van der Waals surface area contributed by atoms with E-state index in [1.54, 1.807) is 14.2 Å². The van der Waals surface area contributed by atoms with E-state index in [1.807, 2.05) is 0 Å². The Hall–Kier alpha value is 0.700. The highest BCUT2D eigenvalue weighted by Crippen LogP contribution is 2.23. The molecule has 0 amide bonds. The summed E-state index contributed by atoms with van der Waals surface area (Å²) in [7, 11) is 9.06. The van der Waals surface area contributed by atoms with Gasteiger partial charge in [-0.1, -0.05) is 18.8 Å². The largest absolute Gasteiger partial charge is 0.381 e. The lowest BCUT2D eigenvalue weighted by atomic mass is 10.0. The molecule has 20 heavy (non-hydrogen) atoms. The molecule has 120 valence electrons. The first-order chi connectivity index (χ1) is 9.47. The van der Waals surface area contributed by atoms with Crippen molar-refractivity contribution in [3.05, 3.63) is 0 Å². The van der Waals surface area contributed by atoms with Crippen LogP contribution in [0.4, 0.5) is 0 Å². The van der Waals surface area contributed by atoms with Crippen LogP contribution in [0.5, 0.6) is 0 Å². The molecular weight excluding hydrogens is 290 g/mol. The van der Waals surface area contributed by atoms with Crippen molar-refractivity contribution in [1.82, 2.24) is 9.34 Å². The fourth-order valence-corrected chi connectivity index (χ4v) is 3.62. The van der Waals surface area contributed by atoms with Crippen molar-refractivity contribution >= 4 is 18.8 Å². The zero-order valence-corrected chi connectivity index (χ0v) is 15.7. The molecule has 0 bridgehead atoms. The van der Waals surface area contributed by atoms with Crippen LogP contribution < -0.4 is 0 Å². The average molecular weight is 322 g/mol. The average Bonchev–Trinajstić information content (AvgIpc) is 3.06. The maximum Gasteiger partial charge on any atom is 0.0584 e. The summed E-state index contributed by atoms with van der Waals surface area (Å²) in [4.78, 5) is 0. The van der Waals surface area contributed by atoms with Gasteiger partial charge in [0, 0.05) is 40.4 Å². The summed E-state index contributed by atoms with van der Waals surface area (Å²) >= 11 is 0. The fraction of sp³-hybridized carbons (Fsp3) is 1.00. The van der Waals surface area contributed by atoms with Crippen LogP contribution in [0.15, 0.2) is 0 Å². The summed E-state index contributed by atoms with van der Waals surface area (Å²) < 4.78 is 15.0. The van der Waals surface area contributed by atoms with E-state index in [0.717, 1.165) is 11.8 Å². The van der Waals surface area contributed by atoms with Gasteiger partial charge in [0.2, 0.25) is 0 Å². The van der Waals surface area contributed by atoms with Gasteiger partial charge < -0.3 is 9.47 Å². The minimum atomic E-state index is 0.422. The van der Waals surface area contributed by atoms with E-state index in [0.29, 0.717) is 12.2 Å². The molecule has 0 aromatic carbocycles. The molecule has 2 fully saturated rings. The molecule has 2 saturated heterocycles. The Morgan fingerprint density at radius 2 is 1.20 bits per heavy atom. The number of nitrogens with zero attached hydrogens (tertiary/aromatic N) is 2. The highest BCUT2D eigenvalue weighted by atomic mass is 31.0. The normalized spacial score (nSPS) is 30.9. The predicted molar refractivity (Wildman–Crippen MR) is 91.7 cm³/mol. The lowest BCUT2D eigenvalue weighted by molar-refractivity contribution is 0.0724. The Balaban J connectivity index is 0.000000200. The van der Waals surface area contributed by atoms with Gasteiger partial charge in [0.15, 0.2) is 0 Å². The van der Waals surface area contributed by atoms with Gasteiger partial charge in [0.1, 0.15) is 0 Å². The number of methoxy groups -OCH3 is 2. The van der Waals surface area contributed by atoms with Crippen molar-refractivity contribution in [1.29, 1.82) is 0 Å². The lowest BCUT2D eigenvalue weighted by Gasteiger charge is -2.16. The highest BCUT2D eigenvalue weighted by Gasteiger charge is 2.25. The van der Waals surface area contributed by atoms with Crippen LogP contribution in [0.1, 0.15) is 26.7 Å². The first kappa shape index (κ1) is 18.7. The lowest BCUT2D eigenvalue weighted by Crippen LogP contribution is -2.20. The van der Waals surface area contributed by atoms with Gasteiger partial charge in [-0.05, 0) is 38.5 Å². The molecule has 0 radical (unpaired) electrons. The van der Waals surface area contributed by atoms with Gasteiger partial charge in [-0.25, -0.2) is 0 Å². The Kier molecular flexibility index (Phi) is 9.06. The smallest absolute Gasteiger partial charge is 0.0584 e. The summed E-state index contributed by atoms with van der Waals surface area (Å²) in [6.45, 7) is 9.02. The van der Waals surface area contributed by atoms with E-state index in [2.05, 4.69) is 42.0 Å². The molecule has 0 aromatic rings. The van der Waals surface area contributed by atoms with Crippen molar-refractivity contribution < 1.29 is 9.47 Å². The van der Waals surface area contributed by atoms with Crippen LogP contribution in [0.2, 0.25) is 0 Å². The minimum absolute atomic E-state index is 0.422. The van der Waals surface area contributed by atoms with Crippen molar-refractivity contribution in [3.8, 4) is 0 Å². The Labute approximate surface area is 129 Å². The molecule has 6 atom stereocenters. The maximum atomic E-state index is 5.25. The molecule has 2 unspecified atom stereocenters. The zero-order valence-electron chi connectivity index (χ0n) is 13.4. The Morgan fingerprint density at radius 3 is 1.40 bits per heavy atom. The molecule has 2 aliphatic rings. The first-order valence-corrected chi connectivity index (χ1v) is 8.56.